The zero-order chi connectivity index (χ0) is 17.7. The van der Waals surface area contributed by atoms with Crippen molar-refractivity contribution >= 4 is 29.3 Å². The second kappa shape index (κ2) is 7.96. The molecule has 2 rings (SSSR count). The van der Waals surface area contributed by atoms with Gasteiger partial charge in [-0.2, -0.15) is 11.8 Å². The first-order valence-corrected chi connectivity index (χ1v) is 8.55. The molecule has 2 N–H and O–H groups in total. The minimum atomic E-state index is -1.17. The lowest BCUT2D eigenvalue weighted by atomic mass is 10.1. The fraction of sp³-hybridized carbons (Fsp3) is 0.375. The molecule has 0 saturated carbocycles. The zero-order valence-corrected chi connectivity index (χ0v) is 14.6. The Bertz CT molecular complexity index is 743. The van der Waals surface area contributed by atoms with Crippen LogP contribution in [0.3, 0.4) is 0 Å². The Morgan fingerprint density at radius 3 is 2.75 bits per heavy atom. The summed E-state index contributed by atoms with van der Waals surface area (Å²) in [5.74, 6) is -0.570. The van der Waals surface area contributed by atoms with E-state index in [-0.39, 0.29) is 18.1 Å². The van der Waals surface area contributed by atoms with Gasteiger partial charge in [0.25, 0.3) is 0 Å². The molecule has 7 nitrogen and oxygen atoms in total. The monoisotopic (exact) mass is 348 g/mol. The number of carboxylic acids is 1. The molecule has 0 saturated heterocycles. The average Bonchev–Trinajstić information content (AvgIpc) is 2.96. The van der Waals surface area contributed by atoms with Crippen LogP contribution < -0.4 is 5.32 Å². The molecule has 0 radical (unpaired) electrons. The molecule has 128 valence electrons. The zero-order valence-electron chi connectivity index (χ0n) is 13.8. The van der Waals surface area contributed by atoms with Crippen LogP contribution in [0.4, 0.5) is 5.69 Å². The molecule has 0 unspecified atom stereocenters. The Kier molecular flexibility index (Phi) is 5.97. The number of anilines is 1. The summed E-state index contributed by atoms with van der Waals surface area (Å²) in [5.41, 5.74) is 2.77. The Labute approximate surface area is 144 Å². The molecule has 0 aliphatic rings. The van der Waals surface area contributed by atoms with Gasteiger partial charge in [0.15, 0.2) is 5.69 Å². The maximum absolute atomic E-state index is 12.1. The molecule has 1 heterocycles. The predicted molar refractivity (Wildman–Crippen MR) is 93.2 cm³/mol. The third kappa shape index (κ3) is 4.82. The van der Waals surface area contributed by atoms with Gasteiger partial charge in [-0.05, 0) is 29.4 Å². The Balaban J connectivity index is 2.02. The largest absolute Gasteiger partial charge is 0.476 e. The topological polar surface area (TPSA) is 97.1 Å². The number of thioether (sulfide) groups is 1. The van der Waals surface area contributed by atoms with E-state index in [9.17, 15) is 9.59 Å². The van der Waals surface area contributed by atoms with Gasteiger partial charge in [-0.15, -0.1) is 5.10 Å². The number of aromatic nitrogens is 3. The van der Waals surface area contributed by atoms with Gasteiger partial charge in [-0.3, -0.25) is 4.79 Å². The number of amides is 1. The van der Waals surface area contributed by atoms with Crippen LogP contribution in [-0.4, -0.2) is 37.2 Å². The van der Waals surface area contributed by atoms with E-state index in [0.717, 1.165) is 17.0 Å². The van der Waals surface area contributed by atoms with Crippen LogP contribution in [0.15, 0.2) is 24.4 Å². The molecule has 0 atom stereocenters. The first-order valence-electron chi connectivity index (χ1n) is 7.50. The molecule has 8 heteroatoms. The van der Waals surface area contributed by atoms with Crippen LogP contribution >= 0.6 is 11.8 Å². The van der Waals surface area contributed by atoms with Gasteiger partial charge < -0.3 is 10.4 Å². The normalized spacial score (nSPS) is 10.8. The lowest BCUT2D eigenvalue weighted by molar-refractivity contribution is -0.116. The summed E-state index contributed by atoms with van der Waals surface area (Å²) < 4.78 is 1.20. The van der Waals surface area contributed by atoms with E-state index in [0.29, 0.717) is 5.25 Å². The van der Waals surface area contributed by atoms with Crippen molar-refractivity contribution < 1.29 is 14.7 Å². The van der Waals surface area contributed by atoms with Crippen LogP contribution in [0.25, 0.3) is 0 Å². The molecule has 2 aromatic rings. The van der Waals surface area contributed by atoms with Gasteiger partial charge in [0.1, 0.15) is 6.54 Å². The van der Waals surface area contributed by atoms with E-state index >= 15 is 0 Å². The summed E-state index contributed by atoms with van der Waals surface area (Å²) in [6.07, 6.45) is 1.23. The highest BCUT2D eigenvalue weighted by Gasteiger charge is 2.12. The quantitative estimate of drug-likeness (QED) is 0.798. The van der Waals surface area contributed by atoms with Crippen LogP contribution in [0.5, 0.6) is 0 Å². The second-order valence-corrected chi connectivity index (χ2v) is 7.17. The number of nitrogens with one attached hydrogen (secondary N) is 1. The van der Waals surface area contributed by atoms with Crippen LogP contribution in [0, 0.1) is 6.92 Å². The fourth-order valence-corrected chi connectivity index (χ4v) is 2.87. The third-order valence-corrected chi connectivity index (χ3v) is 4.50. The molecule has 0 fully saturated rings. The summed E-state index contributed by atoms with van der Waals surface area (Å²) in [6, 6.07) is 5.81. The lowest BCUT2D eigenvalue weighted by Gasteiger charge is -2.13. The molecular formula is C16H20N4O3S. The number of carboxylic acid groups (broad SMARTS) is 1. The van der Waals surface area contributed by atoms with Gasteiger partial charge >= 0.3 is 5.97 Å². The summed E-state index contributed by atoms with van der Waals surface area (Å²) in [7, 11) is 0. The number of carbonyl (C=O) groups excluding carboxylic acids is 1. The van der Waals surface area contributed by atoms with Crippen molar-refractivity contribution in [2.45, 2.75) is 38.3 Å². The number of nitrogens with zero attached hydrogens (tertiary/aromatic N) is 3. The van der Waals surface area contributed by atoms with E-state index in [2.05, 4.69) is 35.5 Å². The fourth-order valence-electron chi connectivity index (χ4n) is 2.04. The maximum Gasteiger partial charge on any atom is 0.358 e. The van der Waals surface area contributed by atoms with Gasteiger partial charge in [0, 0.05) is 11.4 Å². The van der Waals surface area contributed by atoms with Crippen molar-refractivity contribution in [3.05, 3.63) is 41.2 Å². The summed E-state index contributed by atoms with van der Waals surface area (Å²) in [6.45, 7) is 6.18. The summed E-state index contributed by atoms with van der Waals surface area (Å²) >= 11 is 1.84. The van der Waals surface area contributed by atoms with Crippen LogP contribution in [-0.2, 0) is 17.1 Å². The Hall–Kier alpha value is -2.35. The molecule has 0 aliphatic heterocycles. The van der Waals surface area contributed by atoms with E-state index in [1.165, 1.54) is 16.4 Å². The molecule has 0 aliphatic carbocycles. The molecule has 1 amide bonds. The van der Waals surface area contributed by atoms with Crippen molar-refractivity contribution in [2.75, 3.05) is 5.32 Å². The van der Waals surface area contributed by atoms with Crippen LogP contribution in [0.2, 0.25) is 0 Å². The van der Waals surface area contributed by atoms with Gasteiger partial charge in [-0.25, -0.2) is 9.48 Å². The third-order valence-electron chi connectivity index (χ3n) is 3.36. The highest BCUT2D eigenvalue weighted by Crippen LogP contribution is 2.24. The molecule has 0 spiro atoms. The first kappa shape index (κ1) is 18.0. The highest BCUT2D eigenvalue weighted by atomic mass is 32.2. The van der Waals surface area contributed by atoms with Crippen molar-refractivity contribution in [2.24, 2.45) is 0 Å². The molecule has 1 aromatic carbocycles. The number of aromatic carboxylic acids is 1. The van der Waals surface area contributed by atoms with Crippen LogP contribution in [0.1, 0.15) is 35.5 Å². The predicted octanol–water partition coefficient (Wildman–Crippen LogP) is 2.57. The number of hydrogen-bond donors (Lipinski definition) is 2. The number of hydrogen-bond acceptors (Lipinski definition) is 5. The van der Waals surface area contributed by atoms with E-state index in [4.69, 9.17) is 5.11 Å². The second-order valence-electron chi connectivity index (χ2n) is 5.60. The van der Waals surface area contributed by atoms with Crippen molar-refractivity contribution in [3.63, 3.8) is 0 Å². The highest BCUT2D eigenvalue weighted by molar-refractivity contribution is 7.99. The van der Waals surface area contributed by atoms with E-state index < -0.39 is 5.97 Å². The number of rotatable bonds is 7. The standard InChI is InChI=1S/C16H20N4O3S/c1-10(2)24-9-12-5-4-6-13(11(12)3)17-15(21)8-20-7-14(16(22)23)18-19-20/h4-7,10H,8-9H2,1-3H3,(H,17,21)(H,22,23). The lowest BCUT2D eigenvalue weighted by Crippen LogP contribution is -2.20. The van der Waals surface area contributed by atoms with E-state index in [1.54, 1.807) is 0 Å². The average molecular weight is 348 g/mol. The smallest absolute Gasteiger partial charge is 0.358 e. The minimum Gasteiger partial charge on any atom is -0.476 e. The minimum absolute atomic E-state index is 0.0926. The Morgan fingerprint density at radius 1 is 1.38 bits per heavy atom. The first-order chi connectivity index (χ1) is 11.4. The van der Waals surface area contributed by atoms with Crippen molar-refractivity contribution in [1.29, 1.82) is 0 Å². The van der Waals surface area contributed by atoms with Gasteiger partial charge in [0.05, 0.1) is 6.20 Å². The maximum atomic E-state index is 12.1. The number of benzene rings is 1. The number of carbonyl (C=O) groups is 2. The SMILES string of the molecule is Cc1c(CSC(C)C)cccc1NC(=O)Cn1cc(C(=O)O)nn1. The summed E-state index contributed by atoms with van der Waals surface area (Å²) in [5, 5.41) is 19.3. The van der Waals surface area contributed by atoms with Crippen molar-refractivity contribution in [3.8, 4) is 0 Å². The molecule has 1 aromatic heterocycles. The van der Waals surface area contributed by atoms with E-state index in [1.807, 2.05) is 30.8 Å². The van der Waals surface area contributed by atoms with Crippen molar-refractivity contribution in [1.82, 2.24) is 15.0 Å². The molecule has 24 heavy (non-hydrogen) atoms. The van der Waals surface area contributed by atoms with Gasteiger partial charge in [0.2, 0.25) is 5.91 Å². The summed E-state index contributed by atoms with van der Waals surface area (Å²) in [4.78, 5) is 22.9. The Morgan fingerprint density at radius 2 is 2.12 bits per heavy atom. The molecular weight excluding hydrogens is 328 g/mol. The molecule has 0 bridgehead atoms. The van der Waals surface area contributed by atoms with Gasteiger partial charge in [-0.1, -0.05) is 31.2 Å².